The van der Waals surface area contributed by atoms with Gasteiger partial charge in [-0.25, -0.2) is 0 Å². The Labute approximate surface area is 98.3 Å². The van der Waals surface area contributed by atoms with Crippen LogP contribution in [-0.2, 0) is 9.53 Å². The number of rotatable bonds is 9. The number of carbonyl (C=O) groups excluding carboxylic acids is 1. The highest BCUT2D eigenvalue weighted by atomic mass is 16.5. The first-order valence-electron chi connectivity index (χ1n) is 5.82. The van der Waals surface area contributed by atoms with Gasteiger partial charge in [0.15, 0.2) is 0 Å². The first kappa shape index (κ1) is 15.3. The third-order valence-corrected chi connectivity index (χ3v) is 2.65. The molecule has 0 rings (SSSR count). The molecule has 0 spiro atoms. The van der Waals surface area contributed by atoms with Gasteiger partial charge >= 0.3 is 0 Å². The first-order valence-corrected chi connectivity index (χ1v) is 5.82. The van der Waals surface area contributed by atoms with E-state index in [-0.39, 0.29) is 18.0 Å². The number of hydrogen-bond acceptors (Lipinski definition) is 4. The van der Waals surface area contributed by atoms with Gasteiger partial charge in [0, 0.05) is 19.7 Å². The number of carbonyl (C=O) groups is 1. The van der Waals surface area contributed by atoms with Crippen LogP contribution >= 0.6 is 0 Å². The van der Waals surface area contributed by atoms with Crippen molar-refractivity contribution in [2.24, 2.45) is 5.73 Å². The quantitative estimate of drug-likeness (QED) is 0.577. The fourth-order valence-corrected chi connectivity index (χ4v) is 1.70. The average Bonchev–Trinajstić information content (AvgIpc) is 2.24. The maximum Gasteiger partial charge on any atom is 0.235 e. The van der Waals surface area contributed by atoms with Crippen molar-refractivity contribution in [1.82, 2.24) is 10.2 Å². The van der Waals surface area contributed by atoms with Crippen LogP contribution in [0.3, 0.4) is 0 Å². The van der Waals surface area contributed by atoms with Gasteiger partial charge in [-0.15, -0.1) is 0 Å². The molecule has 0 aliphatic heterocycles. The molecule has 96 valence electrons. The van der Waals surface area contributed by atoms with Crippen molar-refractivity contribution in [1.29, 1.82) is 0 Å². The summed E-state index contributed by atoms with van der Waals surface area (Å²) < 4.78 is 5.11. The highest BCUT2D eigenvalue weighted by molar-refractivity contribution is 5.80. The molecule has 16 heavy (non-hydrogen) atoms. The number of primary amides is 1. The molecule has 0 aliphatic carbocycles. The molecule has 2 unspecified atom stereocenters. The van der Waals surface area contributed by atoms with E-state index in [0.29, 0.717) is 13.2 Å². The zero-order valence-corrected chi connectivity index (χ0v) is 10.8. The zero-order chi connectivity index (χ0) is 12.6. The van der Waals surface area contributed by atoms with Crippen LogP contribution in [0, 0.1) is 0 Å². The van der Waals surface area contributed by atoms with Gasteiger partial charge in [0.05, 0.1) is 12.6 Å². The minimum Gasteiger partial charge on any atom is -0.383 e. The molecular weight excluding hydrogens is 206 g/mol. The topological polar surface area (TPSA) is 67.6 Å². The largest absolute Gasteiger partial charge is 0.383 e. The van der Waals surface area contributed by atoms with Gasteiger partial charge in [-0.3, -0.25) is 9.69 Å². The Morgan fingerprint density at radius 1 is 1.50 bits per heavy atom. The van der Waals surface area contributed by atoms with Gasteiger partial charge in [-0.05, 0) is 20.0 Å². The van der Waals surface area contributed by atoms with Crippen LogP contribution in [0.25, 0.3) is 0 Å². The summed E-state index contributed by atoms with van der Waals surface area (Å²) in [6.45, 7) is 9.01. The predicted octanol–water partition coefficient (Wildman–Crippen LogP) is -0.193. The summed E-state index contributed by atoms with van der Waals surface area (Å²) in [5.41, 5.74) is 5.34. The fraction of sp³-hybridized carbons (Fsp3) is 0.909. The molecular formula is C11H25N3O2. The number of nitrogens with one attached hydrogen (secondary N) is 1. The molecule has 1 amide bonds. The average molecular weight is 231 g/mol. The smallest absolute Gasteiger partial charge is 0.235 e. The van der Waals surface area contributed by atoms with E-state index in [0.717, 1.165) is 13.1 Å². The minimum absolute atomic E-state index is 0.288. The number of amides is 1. The van der Waals surface area contributed by atoms with Crippen molar-refractivity contribution < 1.29 is 9.53 Å². The van der Waals surface area contributed by atoms with E-state index in [9.17, 15) is 4.79 Å². The van der Waals surface area contributed by atoms with Crippen LogP contribution < -0.4 is 11.1 Å². The van der Waals surface area contributed by atoms with E-state index in [2.05, 4.69) is 24.1 Å². The van der Waals surface area contributed by atoms with E-state index in [1.807, 2.05) is 6.92 Å². The molecule has 0 aliphatic rings. The van der Waals surface area contributed by atoms with Gasteiger partial charge in [-0.2, -0.15) is 0 Å². The van der Waals surface area contributed by atoms with E-state index in [1.54, 1.807) is 7.11 Å². The van der Waals surface area contributed by atoms with Crippen LogP contribution in [0.4, 0.5) is 0 Å². The predicted molar refractivity (Wildman–Crippen MR) is 65.2 cm³/mol. The third-order valence-electron chi connectivity index (χ3n) is 2.65. The Kier molecular flexibility index (Phi) is 8.15. The van der Waals surface area contributed by atoms with E-state index < -0.39 is 0 Å². The van der Waals surface area contributed by atoms with Crippen molar-refractivity contribution >= 4 is 5.91 Å². The summed E-state index contributed by atoms with van der Waals surface area (Å²) in [7, 11) is 1.68. The van der Waals surface area contributed by atoms with Crippen LogP contribution in [0.2, 0.25) is 0 Å². The second-order valence-corrected chi connectivity index (χ2v) is 3.90. The molecule has 3 N–H and O–H groups in total. The van der Waals surface area contributed by atoms with Crippen molar-refractivity contribution in [2.75, 3.05) is 33.4 Å². The number of nitrogens with zero attached hydrogens (tertiary/aromatic N) is 1. The van der Waals surface area contributed by atoms with E-state index in [1.165, 1.54) is 0 Å². The first-order chi connectivity index (χ1) is 7.56. The lowest BCUT2D eigenvalue weighted by Gasteiger charge is -2.30. The van der Waals surface area contributed by atoms with Crippen LogP contribution in [0.1, 0.15) is 20.8 Å². The van der Waals surface area contributed by atoms with Crippen molar-refractivity contribution in [3.63, 3.8) is 0 Å². The molecule has 0 radical (unpaired) electrons. The van der Waals surface area contributed by atoms with E-state index in [4.69, 9.17) is 10.5 Å². The molecule has 0 heterocycles. The molecule has 0 aromatic heterocycles. The lowest BCUT2D eigenvalue weighted by atomic mass is 10.2. The lowest BCUT2D eigenvalue weighted by Crippen LogP contribution is -2.51. The van der Waals surface area contributed by atoms with Crippen LogP contribution in [0.5, 0.6) is 0 Å². The van der Waals surface area contributed by atoms with Crippen molar-refractivity contribution in [2.45, 2.75) is 32.9 Å². The Hall–Kier alpha value is -0.650. The lowest BCUT2D eigenvalue weighted by molar-refractivity contribution is -0.120. The second-order valence-electron chi connectivity index (χ2n) is 3.90. The number of ether oxygens (including phenoxy) is 1. The molecule has 0 bridgehead atoms. The monoisotopic (exact) mass is 231 g/mol. The molecule has 5 nitrogen and oxygen atoms in total. The highest BCUT2D eigenvalue weighted by Crippen LogP contribution is 2.01. The van der Waals surface area contributed by atoms with E-state index >= 15 is 0 Å². The van der Waals surface area contributed by atoms with Crippen LogP contribution in [0.15, 0.2) is 0 Å². The molecule has 2 atom stereocenters. The SMILES string of the molecule is CCNC(CN(CC)C(C)COC)C(N)=O. The van der Waals surface area contributed by atoms with Gasteiger partial charge in [-0.1, -0.05) is 13.8 Å². The number of methoxy groups -OCH3 is 1. The molecule has 0 saturated heterocycles. The maximum absolute atomic E-state index is 11.2. The fourth-order valence-electron chi connectivity index (χ4n) is 1.70. The number of hydrogen-bond donors (Lipinski definition) is 2. The third kappa shape index (κ3) is 5.44. The molecule has 0 saturated carbocycles. The summed E-state index contributed by atoms with van der Waals surface area (Å²) in [5.74, 6) is -0.301. The standard InChI is InChI=1S/C11H25N3O2/c1-5-13-10(11(12)15)7-14(6-2)9(3)8-16-4/h9-10,13H,5-8H2,1-4H3,(H2,12,15). The summed E-state index contributed by atoms with van der Waals surface area (Å²) in [4.78, 5) is 13.4. The number of nitrogens with two attached hydrogens (primary N) is 1. The number of likely N-dealkylation sites (N-methyl/N-ethyl adjacent to an activating group) is 2. The molecule has 0 aromatic carbocycles. The summed E-state index contributed by atoms with van der Waals surface area (Å²) in [6.07, 6.45) is 0. The Balaban J connectivity index is 4.30. The normalized spacial score (nSPS) is 15.1. The minimum atomic E-state index is -0.301. The summed E-state index contributed by atoms with van der Waals surface area (Å²) in [5, 5.41) is 3.09. The van der Waals surface area contributed by atoms with Gasteiger partial charge < -0.3 is 15.8 Å². The van der Waals surface area contributed by atoms with Crippen molar-refractivity contribution in [3.8, 4) is 0 Å². The van der Waals surface area contributed by atoms with Crippen molar-refractivity contribution in [3.05, 3.63) is 0 Å². The Bertz CT molecular complexity index is 200. The zero-order valence-electron chi connectivity index (χ0n) is 10.8. The van der Waals surface area contributed by atoms with Gasteiger partial charge in [0.1, 0.15) is 0 Å². The molecule has 0 aromatic rings. The molecule has 0 fully saturated rings. The molecule has 5 heteroatoms. The highest BCUT2D eigenvalue weighted by Gasteiger charge is 2.20. The summed E-state index contributed by atoms with van der Waals surface area (Å²) >= 11 is 0. The van der Waals surface area contributed by atoms with Crippen LogP contribution in [-0.4, -0.2) is 56.2 Å². The Morgan fingerprint density at radius 3 is 2.50 bits per heavy atom. The second kappa shape index (κ2) is 8.50. The summed E-state index contributed by atoms with van der Waals surface area (Å²) in [6, 6.07) is -0.000220. The van der Waals surface area contributed by atoms with Gasteiger partial charge in [0.2, 0.25) is 5.91 Å². The maximum atomic E-state index is 11.2. The Morgan fingerprint density at radius 2 is 2.12 bits per heavy atom. The van der Waals surface area contributed by atoms with Gasteiger partial charge in [0.25, 0.3) is 0 Å².